The molecule has 0 radical (unpaired) electrons. The first kappa shape index (κ1) is 19.8. The Morgan fingerprint density at radius 3 is 2.64 bits per heavy atom. The van der Waals surface area contributed by atoms with Gasteiger partial charge in [-0.2, -0.15) is 4.98 Å². The van der Waals surface area contributed by atoms with Crippen LogP contribution in [-0.2, 0) is 12.0 Å². The van der Waals surface area contributed by atoms with Crippen LogP contribution in [0.15, 0.2) is 29.8 Å². The van der Waals surface area contributed by atoms with Crippen LogP contribution in [-0.4, -0.2) is 44.2 Å². The summed E-state index contributed by atoms with van der Waals surface area (Å²) in [6.45, 7) is 11.2. The van der Waals surface area contributed by atoms with Crippen LogP contribution in [0.4, 0.5) is 11.8 Å². The molecule has 28 heavy (non-hydrogen) atoms. The average molecular weight is 508 g/mol. The first-order valence-electron chi connectivity index (χ1n) is 9.50. The number of nitrogens with zero attached hydrogens (tertiary/aromatic N) is 5. The van der Waals surface area contributed by atoms with Crippen molar-refractivity contribution in [3.8, 4) is 0 Å². The van der Waals surface area contributed by atoms with Gasteiger partial charge in [-0.15, -0.1) is 11.3 Å². The molecule has 1 saturated heterocycles. The van der Waals surface area contributed by atoms with Crippen LogP contribution >= 0.6 is 34.2 Å². The van der Waals surface area contributed by atoms with Gasteiger partial charge in [-0.1, -0.05) is 26.8 Å². The van der Waals surface area contributed by atoms with Crippen LogP contribution in [0, 0.1) is 0 Å². The molecule has 1 N–H and O–H groups in total. The van der Waals surface area contributed by atoms with Gasteiger partial charge in [0.2, 0.25) is 5.95 Å². The summed E-state index contributed by atoms with van der Waals surface area (Å²) < 4.78 is 2.31. The minimum atomic E-state index is -0.0193. The molecule has 0 atom stereocenters. The summed E-state index contributed by atoms with van der Waals surface area (Å²) in [6, 6.07) is 6.36. The number of rotatable bonds is 4. The highest BCUT2D eigenvalue weighted by Gasteiger charge is 2.21. The molecule has 6 nitrogen and oxygen atoms in total. The van der Waals surface area contributed by atoms with Gasteiger partial charge in [0.25, 0.3) is 0 Å². The van der Waals surface area contributed by atoms with Crippen molar-refractivity contribution >= 4 is 56.9 Å². The molecule has 4 heterocycles. The molecular weight excluding hydrogens is 483 g/mol. The second-order valence-electron chi connectivity index (χ2n) is 8.04. The second-order valence-corrected chi connectivity index (χ2v) is 10.4. The Labute approximate surface area is 183 Å². The Morgan fingerprint density at radius 1 is 1.18 bits per heavy atom. The number of aromatic nitrogens is 3. The van der Waals surface area contributed by atoms with Crippen LogP contribution < -0.4 is 10.2 Å². The Balaban J connectivity index is 1.73. The first-order valence-corrected chi connectivity index (χ1v) is 11.3. The Bertz CT molecular complexity index is 945. The zero-order chi connectivity index (χ0) is 19.7. The third kappa shape index (κ3) is 4.38. The summed E-state index contributed by atoms with van der Waals surface area (Å²) in [5.74, 6) is 1.68. The molecule has 8 heteroatoms. The van der Waals surface area contributed by atoms with E-state index >= 15 is 0 Å². The first-order chi connectivity index (χ1) is 13.4. The number of nitrogens with one attached hydrogen (secondary N) is 1. The molecule has 3 aromatic rings. The fraction of sp³-hybridized carbons (Fsp3) is 0.450. The van der Waals surface area contributed by atoms with Crippen molar-refractivity contribution in [2.75, 3.05) is 36.4 Å². The summed E-state index contributed by atoms with van der Waals surface area (Å²) in [7, 11) is 0. The average Bonchev–Trinajstić information content (AvgIpc) is 3.19. The van der Waals surface area contributed by atoms with Crippen LogP contribution in [0.3, 0.4) is 0 Å². The zero-order valence-corrected chi connectivity index (χ0v) is 19.4. The Hall–Kier alpha value is -1.52. The molecule has 0 unspecified atom stereocenters. The number of thiophene rings is 1. The number of hydrogen-bond donors (Lipinski definition) is 1. The number of halogens is 1. The van der Waals surface area contributed by atoms with Crippen molar-refractivity contribution < 1.29 is 0 Å². The van der Waals surface area contributed by atoms with E-state index in [1.807, 2.05) is 6.20 Å². The molecular formula is C20H25IN6S. The predicted octanol–water partition coefficient (Wildman–Crippen LogP) is 4.47. The van der Waals surface area contributed by atoms with Crippen molar-refractivity contribution in [2.24, 2.45) is 0 Å². The number of piperazine rings is 1. The topological polar surface area (TPSA) is 57.2 Å². The van der Waals surface area contributed by atoms with E-state index in [1.54, 1.807) is 11.3 Å². The lowest BCUT2D eigenvalue weighted by Gasteiger charge is -2.31. The standard InChI is InChI=1S/C20H25IN6S/c1-20(2,3)17-11-15-16(13-22-17)24-19(26-6-8-27(21)9-7-26)25-18(15)23-12-14-5-4-10-28-14/h4-5,10-11,13H,6-9,12H2,1-3H3,(H,23,24,25). The van der Waals surface area contributed by atoms with Gasteiger partial charge in [0.15, 0.2) is 0 Å². The quantitative estimate of drug-likeness (QED) is 0.415. The van der Waals surface area contributed by atoms with E-state index in [0.717, 1.165) is 61.1 Å². The molecule has 0 bridgehead atoms. The molecule has 4 rings (SSSR count). The second kappa shape index (κ2) is 8.08. The third-order valence-corrected chi connectivity index (χ3v) is 6.70. The molecule has 0 spiro atoms. The smallest absolute Gasteiger partial charge is 0.228 e. The molecule has 0 aliphatic carbocycles. The van der Waals surface area contributed by atoms with Crippen LogP contribution in [0.25, 0.3) is 10.9 Å². The SMILES string of the molecule is CC(C)(C)c1cc2c(NCc3cccs3)nc(N3CCN(I)CC3)nc2cn1. The normalized spacial score (nSPS) is 15.9. The molecule has 1 aliphatic rings. The number of pyridine rings is 1. The summed E-state index contributed by atoms with van der Waals surface area (Å²) in [6.07, 6.45) is 1.89. The lowest BCUT2D eigenvalue weighted by Crippen LogP contribution is -2.43. The van der Waals surface area contributed by atoms with Crippen molar-refractivity contribution in [1.29, 1.82) is 0 Å². The highest BCUT2D eigenvalue weighted by Crippen LogP contribution is 2.29. The van der Waals surface area contributed by atoms with Gasteiger partial charge in [0, 0.05) is 70.4 Å². The van der Waals surface area contributed by atoms with E-state index in [-0.39, 0.29) is 5.41 Å². The van der Waals surface area contributed by atoms with E-state index < -0.39 is 0 Å². The lowest BCUT2D eigenvalue weighted by molar-refractivity contribution is 0.456. The monoisotopic (exact) mass is 508 g/mol. The third-order valence-electron chi connectivity index (χ3n) is 4.86. The molecule has 1 aliphatic heterocycles. The maximum atomic E-state index is 4.93. The minimum Gasteiger partial charge on any atom is -0.364 e. The maximum Gasteiger partial charge on any atom is 0.228 e. The van der Waals surface area contributed by atoms with Crippen molar-refractivity contribution in [3.63, 3.8) is 0 Å². The van der Waals surface area contributed by atoms with Gasteiger partial charge in [-0.25, -0.2) is 8.10 Å². The van der Waals surface area contributed by atoms with Gasteiger partial charge < -0.3 is 10.2 Å². The predicted molar refractivity (Wildman–Crippen MR) is 125 cm³/mol. The molecule has 0 saturated carbocycles. The van der Waals surface area contributed by atoms with E-state index in [0.29, 0.717) is 0 Å². The van der Waals surface area contributed by atoms with Gasteiger partial charge in [-0.05, 0) is 17.5 Å². The van der Waals surface area contributed by atoms with E-state index in [2.05, 4.69) is 85.5 Å². The van der Waals surface area contributed by atoms with Crippen LogP contribution in [0.5, 0.6) is 0 Å². The van der Waals surface area contributed by atoms with Gasteiger partial charge in [0.1, 0.15) is 5.82 Å². The molecule has 148 valence electrons. The summed E-state index contributed by atoms with van der Waals surface area (Å²) in [5.41, 5.74) is 1.92. The van der Waals surface area contributed by atoms with Gasteiger partial charge >= 0.3 is 0 Å². The highest BCUT2D eigenvalue weighted by molar-refractivity contribution is 14.1. The van der Waals surface area contributed by atoms with Crippen molar-refractivity contribution in [2.45, 2.75) is 32.7 Å². The summed E-state index contributed by atoms with van der Waals surface area (Å²) >= 11 is 4.13. The highest BCUT2D eigenvalue weighted by atomic mass is 127. The van der Waals surface area contributed by atoms with E-state index in [9.17, 15) is 0 Å². The summed E-state index contributed by atoms with van der Waals surface area (Å²) in [4.78, 5) is 18.0. The molecule has 0 aromatic carbocycles. The van der Waals surface area contributed by atoms with Crippen LogP contribution in [0.2, 0.25) is 0 Å². The van der Waals surface area contributed by atoms with Crippen molar-refractivity contribution in [3.05, 3.63) is 40.3 Å². The van der Waals surface area contributed by atoms with Gasteiger partial charge in [-0.3, -0.25) is 4.98 Å². The minimum absolute atomic E-state index is 0.0193. The lowest BCUT2D eigenvalue weighted by atomic mass is 9.91. The molecule has 3 aromatic heterocycles. The Kier molecular flexibility index (Phi) is 5.71. The maximum absolute atomic E-state index is 4.93. The number of hydrogen-bond acceptors (Lipinski definition) is 7. The van der Waals surface area contributed by atoms with E-state index in [4.69, 9.17) is 9.97 Å². The zero-order valence-electron chi connectivity index (χ0n) is 16.4. The molecule has 0 amide bonds. The van der Waals surface area contributed by atoms with Crippen LogP contribution in [0.1, 0.15) is 31.3 Å². The number of anilines is 2. The fourth-order valence-electron chi connectivity index (χ4n) is 3.17. The molecule has 1 fully saturated rings. The fourth-order valence-corrected chi connectivity index (χ4v) is 4.25. The van der Waals surface area contributed by atoms with Gasteiger partial charge in [0.05, 0.1) is 18.3 Å². The largest absolute Gasteiger partial charge is 0.364 e. The van der Waals surface area contributed by atoms with E-state index in [1.165, 1.54) is 4.88 Å². The van der Waals surface area contributed by atoms with Crippen molar-refractivity contribution in [1.82, 2.24) is 18.1 Å². The summed E-state index contributed by atoms with van der Waals surface area (Å²) in [5, 5.41) is 6.69. The Morgan fingerprint density at radius 2 is 1.96 bits per heavy atom. The number of fused-ring (bicyclic) bond motifs is 1.